The molecule has 1 fully saturated rings. The molecule has 0 aliphatic carbocycles. The fraction of sp³-hybridized carbons (Fsp3) is 0.406. The molecule has 1 amide bonds. The van der Waals surface area contributed by atoms with E-state index in [-0.39, 0.29) is 29.0 Å². The first-order chi connectivity index (χ1) is 17.4. The normalized spacial score (nSPS) is 19.0. The van der Waals surface area contributed by atoms with Gasteiger partial charge in [0.1, 0.15) is 6.10 Å². The Hall–Kier alpha value is -3.07. The van der Waals surface area contributed by atoms with E-state index in [1.165, 1.54) is 5.56 Å². The number of likely N-dealkylation sites (N-methyl/N-ethyl adjacent to an activating group) is 1. The van der Waals surface area contributed by atoms with Gasteiger partial charge in [0.05, 0.1) is 6.04 Å². The maximum absolute atomic E-state index is 13.0. The van der Waals surface area contributed by atoms with Crippen LogP contribution in [0.5, 0.6) is 0 Å². The highest BCUT2D eigenvalue weighted by atomic mass is 28.4. The second-order valence-electron chi connectivity index (χ2n) is 11.9. The summed E-state index contributed by atoms with van der Waals surface area (Å²) < 4.78 is 6.98. The summed E-state index contributed by atoms with van der Waals surface area (Å²) in [7, 11) is -0.269. The zero-order valence-corrected chi connectivity index (χ0v) is 24.5. The van der Waals surface area contributed by atoms with Crippen LogP contribution in [-0.4, -0.2) is 43.3 Å². The van der Waals surface area contributed by atoms with Gasteiger partial charge in [0.25, 0.3) is 0 Å². The molecule has 1 N–H and O–H groups in total. The molecule has 3 aromatic rings. The molecule has 1 aliphatic rings. The van der Waals surface area contributed by atoms with Crippen molar-refractivity contribution in [1.29, 1.82) is 0 Å². The van der Waals surface area contributed by atoms with Crippen LogP contribution in [0, 0.1) is 25.7 Å². The zero-order chi connectivity index (χ0) is 27.0. The Bertz CT molecular complexity index is 1320. The summed E-state index contributed by atoms with van der Waals surface area (Å²) in [4.78, 5) is 18.2. The largest absolute Gasteiger partial charge is 0.401 e. The van der Waals surface area contributed by atoms with E-state index >= 15 is 0 Å². The number of H-pyrrole nitrogens is 1. The monoisotopic (exact) mass is 512 g/mol. The molecule has 4 rings (SSSR count). The number of aromatic nitrogens is 1. The number of carbonyl (C=O) groups is 1. The summed E-state index contributed by atoms with van der Waals surface area (Å²) in [5.74, 6) is 7.14. The van der Waals surface area contributed by atoms with Crippen molar-refractivity contribution in [1.82, 2.24) is 9.88 Å². The number of hydrogen-bond acceptors (Lipinski definition) is 2. The van der Waals surface area contributed by atoms with Crippen LogP contribution in [0.4, 0.5) is 0 Å². The van der Waals surface area contributed by atoms with Crippen LogP contribution in [-0.2, 0) is 9.22 Å². The minimum atomic E-state index is -2.17. The predicted molar refractivity (Wildman–Crippen MR) is 155 cm³/mol. The Morgan fingerprint density at radius 3 is 2.38 bits per heavy atom. The molecule has 0 radical (unpaired) electrons. The van der Waals surface area contributed by atoms with E-state index in [1.54, 1.807) is 0 Å². The molecule has 1 saturated heterocycles. The van der Waals surface area contributed by atoms with Crippen molar-refractivity contribution < 1.29 is 9.22 Å². The van der Waals surface area contributed by atoms with Crippen molar-refractivity contribution in [3.63, 3.8) is 0 Å². The molecule has 0 bridgehead atoms. The van der Waals surface area contributed by atoms with Crippen molar-refractivity contribution >= 4 is 14.2 Å². The highest BCUT2D eigenvalue weighted by Crippen LogP contribution is 2.41. The van der Waals surface area contributed by atoms with Crippen LogP contribution in [0.2, 0.25) is 18.1 Å². The molecular weight excluding hydrogens is 472 g/mol. The minimum Gasteiger partial charge on any atom is -0.401 e. The van der Waals surface area contributed by atoms with Crippen LogP contribution in [0.25, 0.3) is 11.1 Å². The van der Waals surface area contributed by atoms with Gasteiger partial charge in [-0.25, -0.2) is 0 Å². The zero-order valence-electron chi connectivity index (χ0n) is 23.5. The molecule has 2 unspecified atom stereocenters. The summed E-state index contributed by atoms with van der Waals surface area (Å²) in [6.07, 6.45) is 0.0914. The van der Waals surface area contributed by atoms with E-state index in [0.717, 1.165) is 28.1 Å². The lowest BCUT2D eigenvalue weighted by atomic mass is 9.88. The number of nitrogens with one attached hydrogen (secondary N) is 1. The van der Waals surface area contributed by atoms with Gasteiger partial charge in [-0.05, 0) is 61.3 Å². The Morgan fingerprint density at radius 1 is 1.05 bits per heavy atom. The average molecular weight is 513 g/mol. The van der Waals surface area contributed by atoms with Crippen LogP contribution < -0.4 is 0 Å². The van der Waals surface area contributed by atoms with Crippen molar-refractivity contribution in [2.75, 3.05) is 7.05 Å². The molecular formula is C32H40N2O2Si. The molecule has 0 saturated carbocycles. The topological polar surface area (TPSA) is 45.3 Å². The fourth-order valence-corrected chi connectivity index (χ4v) is 6.13. The molecule has 5 heteroatoms. The number of nitrogens with zero attached hydrogens (tertiary/aromatic N) is 1. The Balaban J connectivity index is 1.75. The van der Waals surface area contributed by atoms with E-state index in [0.29, 0.717) is 6.42 Å². The first kappa shape index (κ1) is 27.0. The molecule has 194 valence electrons. The van der Waals surface area contributed by atoms with E-state index in [9.17, 15) is 4.79 Å². The molecule has 2 aromatic carbocycles. The number of aryl methyl sites for hydroxylation is 2. The summed E-state index contributed by atoms with van der Waals surface area (Å²) in [5, 5.41) is 0.0277. The Kier molecular flexibility index (Phi) is 7.55. The maximum Gasteiger partial charge on any atom is 0.223 e. The van der Waals surface area contributed by atoms with Gasteiger partial charge in [0.2, 0.25) is 5.91 Å². The summed E-state index contributed by atoms with van der Waals surface area (Å²) in [6, 6.07) is 20.7. The Morgan fingerprint density at radius 2 is 1.76 bits per heavy atom. The first-order valence-electron chi connectivity index (χ1n) is 13.1. The molecule has 2 heterocycles. The number of rotatable bonds is 5. The minimum absolute atomic E-state index is 0.0277. The van der Waals surface area contributed by atoms with Crippen molar-refractivity contribution in [2.45, 2.75) is 77.2 Å². The third-order valence-electron chi connectivity index (χ3n) is 8.09. The van der Waals surface area contributed by atoms with Crippen LogP contribution in [0.1, 0.15) is 55.6 Å². The van der Waals surface area contributed by atoms with Crippen LogP contribution in [0.3, 0.4) is 0 Å². The lowest BCUT2D eigenvalue weighted by molar-refractivity contribution is -0.128. The van der Waals surface area contributed by atoms with E-state index in [2.05, 4.69) is 101 Å². The lowest BCUT2D eigenvalue weighted by Crippen LogP contribution is -2.50. The lowest BCUT2D eigenvalue weighted by Gasteiger charge is -2.41. The van der Waals surface area contributed by atoms with Crippen molar-refractivity contribution in [2.24, 2.45) is 0 Å². The quantitative estimate of drug-likeness (QED) is 0.294. The third kappa shape index (κ3) is 5.76. The van der Waals surface area contributed by atoms with Crippen molar-refractivity contribution in [3.8, 4) is 23.0 Å². The highest BCUT2D eigenvalue weighted by molar-refractivity contribution is 6.74. The maximum atomic E-state index is 13.0. The Labute approximate surface area is 223 Å². The number of aromatic amines is 1. The SMILES string of the molecule is Cc1cc(-c2cccc(C#C[C@@H](O[Si](C)(C)C(C)(C)C)C3C(c4ccccc4)CC(=O)N3C)c2)c(C)[nH]1. The van der Waals surface area contributed by atoms with E-state index < -0.39 is 8.32 Å². The van der Waals surface area contributed by atoms with Gasteiger partial charge in [-0.15, -0.1) is 0 Å². The number of carbonyl (C=O) groups excluding carboxylic acids is 1. The summed E-state index contributed by atoms with van der Waals surface area (Å²) in [5.41, 5.74) is 6.75. The second kappa shape index (κ2) is 10.4. The number of benzene rings is 2. The van der Waals surface area contributed by atoms with Crippen LogP contribution >= 0.6 is 0 Å². The van der Waals surface area contributed by atoms with Gasteiger partial charge in [0, 0.05) is 41.9 Å². The average Bonchev–Trinajstić information content (AvgIpc) is 3.34. The number of amides is 1. The molecule has 3 atom stereocenters. The van der Waals surface area contributed by atoms with Gasteiger partial charge < -0.3 is 14.3 Å². The molecule has 1 aliphatic heterocycles. The number of hydrogen-bond donors (Lipinski definition) is 1. The third-order valence-corrected chi connectivity index (χ3v) is 12.6. The predicted octanol–water partition coefficient (Wildman–Crippen LogP) is 7.05. The highest BCUT2D eigenvalue weighted by Gasteiger charge is 2.47. The van der Waals surface area contributed by atoms with Gasteiger partial charge in [-0.1, -0.05) is 75.1 Å². The molecule has 37 heavy (non-hydrogen) atoms. The van der Waals surface area contributed by atoms with Gasteiger partial charge >= 0.3 is 0 Å². The van der Waals surface area contributed by atoms with E-state index in [4.69, 9.17) is 4.43 Å². The van der Waals surface area contributed by atoms with Crippen molar-refractivity contribution in [3.05, 3.63) is 83.2 Å². The standard InChI is InChI=1S/C32H40N2O2Si/c1-22-19-27(23(2)33-22)26-16-12-13-24(20-26)17-18-29(36-37(7,8)32(3,4)5)31-28(21-30(35)34(31)6)25-14-10-9-11-15-25/h9-16,19-20,28-29,31,33H,21H2,1-8H3/t28?,29-,31?/m1/s1. The van der Waals surface area contributed by atoms with E-state index in [1.807, 2.05) is 36.2 Å². The number of likely N-dealkylation sites (tertiary alicyclic amines) is 1. The fourth-order valence-electron chi connectivity index (χ4n) is 4.94. The molecule has 0 spiro atoms. The first-order valence-corrected chi connectivity index (χ1v) is 16.0. The smallest absolute Gasteiger partial charge is 0.223 e. The van der Waals surface area contributed by atoms with Crippen LogP contribution in [0.15, 0.2) is 60.7 Å². The second-order valence-corrected chi connectivity index (χ2v) is 16.6. The molecule has 4 nitrogen and oxygen atoms in total. The van der Waals surface area contributed by atoms with Gasteiger partial charge in [-0.2, -0.15) is 0 Å². The summed E-state index contributed by atoms with van der Waals surface area (Å²) in [6.45, 7) is 15.4. The van der Waals surface area contributed by atoms with Gasteiger partial charge in [-0.3, -0.25) is 4.79 Å². The van der Waals surface area contributed by atoms with Gasteiger partial charge in [0.15, 0.2) is 8.32 Å². The molecule has 1 aromatic heterocycles. The summed E-state index contributed by atoms with van der Waals surface area (Å²) >= 11 is 0.